The quantitative estimate of drug-likeness (QED) is 0.502. The Morgan fingerprint density at radius 1 is 1.14 bits per heavy atom. The zero-order valence-electron chi connectivity index (χ0n) is 15.2. The van der Waals surface area contributed by atoms with E-state index in [2.05, 4.69) is 15.6 Å². The summed E-state index contributed by atoms with van der Waals surface area (Å²) in [5.74, 6) is -0.277. The maximum Gasteiger partial charge on any atom is 0.239 e. The van der Waals surface area contributed by atoms with Crippen LogP contribution in [0, 0.1) is 0 Å². The van der Waals surface area contributed by atoms with Crippen LogP contribution in [0.4, 0.5) is 10.8 Å². The molecular formula is C20H18ClN3O2S2. The number of amides is 2. The lowest BCUT2D eigenvalue weighted by Crippen LogP contribution is -2.22. The van der Waals surface area contributed by atoms with E-state index in [0.717, 1.165) is 16.2 Å². The van der Waals surface area contributed by atoms with Crippen molar-refractivity contribution in [1.82, 2.24) is 4.98 Å². The molecule has 0 aliphatic heterocycles. The van der Waals surface area contributed by atoms with Crippen molar-refractivity contribution in [2.45, 2.75) is 24.0 Å². The summed E-state index contributed by atoms with van der Waals surface area (Å²) in [4.78, 5) is 29.1. The number of hydrogen-bond acceptors (Lipinski definition) is 5. The van der Waals surface area contributed by atoms with Gasteiger partial charge in [-0.1, -0.05) is 35.9 Å². The Morgan fingerprint density at radius 3 is 2.68 bits per heavy atom. The summed E-state index contributed by atoms with van der Waals surface area (Å²) >= 11 is 8.97. The van der Waals surface area contributed by atoms with Crippen LogP contribution in [-0.2, 0) is 9.59 Å². The molecule has 0 fully saturated rings. The molecule has 1 aromatic heterocycles. The van der Waals surface area contributed by atoms with E-state index in [4.69, 9.17) is 11.6 Å². The van der Waals surface area contributed by atoms with Gasteiger partial charge in [0.25, 0.3) is 0 Å². The molecule has 0 spiro atoms. The first-order chi connectivity index (χ1) is 13.4. The highest BCUT2D eigenvalue weighted by atomic mass is 35.5. The molecule has 144 valence electrons. The average Bonchev–Trinajstić information content (AvgIpc) is 3.10. The SMILES string of the molecule is CC(=O)Nc1cccc(SC(C)C(=O)Nc2nc(-c3ccccc3Cl)cs2)c1. The Kier molecular flexibility index (Phi) is 6.72. The molecule has 2 amide bonds. The van der Waals surface area contributed by atoms with Crippen molar-refractivity contribution < 1.29 is 9.59 Å². The summed E-state index contributed by atoms with van der Waals surface area (Å²) in [6.45, 7) is 3.29. The van der Waals surface area contributed by atoms with Gasteiger partial charge in [-0.3, -0.25) is 9.59 Å². The average molecular weight is 432 g/mol. The molecule has 0 radical (unpaired) electrons. The predicted octanol–water partition coefficient (Wildman–Crippen LogP) is 5.54. The van der Waals surface area contributed by atoms with Crippen LogP contribution in [0.1, 0.15) is 13.8 Å². The van der Waals surface area contributed by atoms with Gasteiger partial charge in [-0.05, 0) is 31.2 Å². The molecule has 8 heteroatoms. The standard InChI is InChI=1S/C20H18ClN3O2S2/c1-12(28-15-7-5-6-14(10-15)22-13(2)25)19(26)24-20-23-18(11-27-20)16-8-3-4-9-17(16)21/h3-12H,1-2H3,(H,22,25)(H,23,24,26). The fourth-order valence-corrected chi connectivity index (χ4v) is 4.31. The van der Waals surface area contributed by atoms with Gasteiger partial charge in [-0.2, -0.15) is 0 Å². The van der Waals surface area contributed by atoms with Gasteiger partial charge in [-0.15, -0.1) is 23.1 Å². The Hall–Kier alpha value is -2.35. The van der Waals surface area contributed by atoms with Gasteiger partial charge >= 0.3 is 0 Å². The third-order valence-corrected chi connectivity index (χ3v) is 5.90. The second-order valence-corrected chi connectivity index (χ2v) is 8.66. The Balaban J connectivity index is 1.64. The monoisotopic (exact) mass is 431 g/mol. The third kappa shape index (κ3) is 5.34. The van der Waals surface area contributed by atoms with Crippen molar-refractivity contribution in [2.24, 2.45) is 0 Å². The van der Waals surface area contributed by atoms with Gasteiger partial charge in [0.1, 0.15) is 0 Å². The molecular weight excluding hydrogens is 414 g/mol. The molecule has 2 aromatic carbocycles. The zero-order chi connectivity index (χ0) is 20.1. The number of anilines is 2. The Labute approximate surface area is 176 Å². The van der Waals surface area contributed by atoms with E-state index in [1.54, 1.807) is 0 Å². The highest BCUT2D eigenvalue weighted by molar-refractivity contribution is 8.00. The third-order valence-electron chi connectivity index (χ3n) is 3.72. The molecule has 3 aromatic rings. The minimum atomic E-state index is -0.333. The summed E-state index contributed by atoms with van der Waals surface area (Å²) in [6, 6.07) is 14.9. The summed E-state index contributed by atoms with van der Waals surface area (Å²) in [5.41, 5.74) is 2.27. The molecule has 0 aliphatic carbocycles. The van der Waals surface area contributed by atoms with Crippen molar-refractivity contribution in [1.29, 1.82) is 0 Å². The minimum absolute atomic E-state index is 0.133. The molecule has 5 nitrogen and oxygen atoms in total. The van der Waals surface area contributed by atoms with Crippen LogP contribution in [0.15, 0.2) is 58.8 Å². The summed E-state index contributed by atoms with van der Waals surface area (Å²) in [6.07, 6.45) is 0. The second-order valence-electron chi connectivity index (χ2n) is 5.98. The smallest absolute Gasteiger partial charge is 0.239 e. The van der Waals surface area contributed by atoms with Gasteiger partial charge < -0.3 is 10.6 Å². The molecule has 28 heavy (non-hydrogen) atoms. The number of hydrogen-bond donors (Lipinski definition) is 2. The number of rotatable bonds is 6. The molecule has 1 heterocycles. The zero-order valence-corrected chi connectivity index (χ0v) is 17.6. The maximum absolute atomic E-state index is 12.5. The first kappa shape index (κ1) is 20.4. The van der Waals surface area contributed by atoms with Crippen LogP contribution >= 0.6 is 34.7 Å². The van der Waals surface area contributed by atoms with Crippen molar-refractivity contribution in [3.63, 3.8) is 0 Å². The topological polar surface area (TPSA) is 71.1 Å². The van der Waals surface area contributed by atoms with Crippen LogP contribution < -0.4 is 10.6 Å². The van der Waals surface area contributed by atoms with E-state index in [1.807, 2.05) is 60.8 Å². The number of carbonyl (C=O) groups excluding carboxylic acids is 2. The van der Waals surface area contributed by atoms with Crippen LogP contribution in [0.3, 0.4) is 0 Å². The van der Waals surface area contributed by atoms with E-state index in [1.165, 1.54) is 30.0 Å². The lowest BCUT2D eigenvalue weighted by atomic mass is 10.2. The number of thiazole rings is 1. The predicted molar refractivity (Wildman–Crippen MR) is 117 cm³/mol. The van der Waals surface area contributed by atoms with E-state index >= 15 is 0 Å². The van der Waals surface area contributed by atoms with Crippen molar-refractivity contribution >= 4 is 57.3 Å². The molecule has 3 rings (SSSR count). The molecule has 0 saturated carbocycles. The second kappa shape index (κ2) is 9.23. The van der Waals surface area contributed by atoms with E-state index < -0.39 is 0 Å². The highest BCUT2D eigenvalue weighted by Crippen LogP contribution is 2.31. The Bertz CT molecular complexity index is 1010. The van der Waals surface area contributed by atoms with Crippen LogP contribution in [-0.4, -0.2) is 22.0 Å². The van der Waals surface area contributed by atoms with Gasteiger partial charge in [0.15, 0.2) is 5.13 Å². The molecule has 2 N–H and O–H groups in total. The number of halogens is 1. The number of nitrogens with one attached hydrogen (secondary N) is 2. The van der Waals surface area contributed by atoms with Gasteiger partial charge in [-0.25, -0.2) is 4.98 Å². The first-order valence-corrected chi connectivity index (χ1v) is 10.6. The van der Waals surface area contributed by atoms with E-state index in [-0.39, 0.29) is 17.1 Å². The highest BCUT2D eigenvalue weighted by Gasteiger charge is 2.17. The van der Waals surface area contributed by atoms with Crippen molar-refractivity contribution in [2.75, 3.05) is 10.6 Å². The molecule has 0 bridgehead atoms. The molecule has 1 atom stereocenters. The first-order valence-electron chi connectivity index (χ1n) is 8.48. The molecule has 1 unspecified atom stereocenters. The summed E-state index contributed by atoms with van der Waals surface area (Å²) < 4.78 is 0. The minimum Gasteiger partial charge on any atom is -0.326 e. The molecule has 0 saturated heterocycles. The fourth-order valence-electron chi connectivity index (χ4n) is 2.44. The van der Waals surface area contributed by atoms with E-state index in [0.29, 0.717) is 15.8 Å². The van der Waals surface area contributed by atoms with Crippen LogP contribution in [0.25, 0.3) is 11.3 Å². The van der Waals surface area contributed by atoms with Crippen molar-refractivity contribution in [3.05, 3.63) is 58.9 Å². The fraction of sp³-hybridized carbons (Fsp3) is 0.150. The number of thioether (sulfide) groups is 1. The summed E-state index contributed by atoms with van der Waals surface area (Å²) in [7, 11) is 0. The largest absolute Gasteiger partial charge is 0.326 e. The van der Waals surface area contributed by atoms with Crippen molar-refractivity contribution in [3.8, 4) is 11.3 Å². The maximum atomic E-state index is 12.5. The normalized spacial score (nSPS) is 11.7. The number of nitrogens with zero attached hydrogens (tertiary/aromatic N) is 1. The van der Waals surface area contributed by atoms with Crippen LogP contribution in [0.5, 0.6) is 0 Å². The van der Waals surface area contributed by atoms with E-state index in [9.17, 15) is 9.59 Å². The lowest BCUT2D eigenvalue weighted by Gasteiger charge is -2.11. The van der Waals surface area contributed by atoms with Gasteiger partial charge in [0.05, 0.1) is 10.9 Å². The lowest BCUT2D eigenvalue weighted by molar-refractivity contribution is -0.115. The molecule has 0 aliphatic rings. The van der Waals surface area contributed by atoms with Crippen LogP contribution in [0.2, 0.25) is 5.02 Å². The number of carbonyl (C=O) groups is 2. The Morgan fingerprint density at radius 2 is 1.93 bits per heavy atom. The number of benzene rings is 2. The number of aromatic nitrogens is 1. The summed E-state index contributed by atoms with van der Waals surface area (Å²) in [5, 5.41) is 8.27. The van der Waals surface area contributed by atoms with Gasteiger partial charge in [0.2, 0.25) is 11.8 Å². The van der Waals surface area contributed by atoms with Gasteiger partial charge in [0, 0.05) is 33.5 Å².